The van der Waals surface area contributed by atoms with Crippen molar-refractivity contribution in [2.24, 2.45) is 0 Å². The lowest BCUT2D eigenvalue weighted by molar-refractivity contribution is -0.0237. The van der Waals surface area contributed by atoms with Crippen molar-refractivity contribution >= 4 is 8.80 Å². The summed E-state index contributed by atoms with van der Waals surface area (Å²) in [5.41, 5.74) is 0. The van der Waals surface area contributed by atoms with Gasteiger partial charge in [0.15, 0.2) is 0 Å². The minimum atomic E-state index is -2.48. The summed E-state index contributed by atoms with van der Waals surface area (Å²) in [4.78, 5) is 2.30. The van der Waals surface area contributed by atoms with Crippen LogP contribution in [0.25, 0.3) is 0 Å². The zero-order chi connectivity index (χ0) is 9.86. The normalized spacial score (nSPS) is 38.8. The zero-order valence-electron chi connectivity index (χ0n) is 8.53. The lowest BCUT2D eigenvalue weighted by Gasteiger charge is -2.37. The van der Waals surface area contributed by atoms with Crippen molar-refractivity contribution in [3.8, 4) is 0 Å². The lowest BCUT2D eigenvalue weighted by atomic mass is 10.4. The first-order chi connectivity index (χ1) is 6.85. The van der Waals surface area contributed by atoms with Crippen LogP contribution in [-0.4, -0.2) is 66.5 Å². The van der Waals surface area contributed by atoms with Crippen molar-refractivity contribution in [1.82, 2.24) is 4.90 Å². The summed E-state index contributed by atoms with van der Waals surface area (Å²) in [6.07, 6.45) is 0.465. The SMILES string of the molecule is COC[Si]12OCCN(CCO1)CCO2. The van der Waals surface area contributed by atoms with Gasteiger partial charge in [-0.15, -0.1) is 0 Å². The molecular formula is C8H17NO4Si. The summed E-state index contributed by atoms with van der Waals surface area (Å²) < 4.78 is 22.3. The van der Waals surface area contributed by atoms with Crippen LogP contribution in [0.3, 0.4) is 0 Å². The molecule has 0 spiro atoms. The molecule has 6 heteroatoms. The molecule has 0 amide bonds. The van der Waals surface area contributed by atoms with Crippen LogP contribution < -0.4 is 0 Å². The number of ether oxygens (including phenoxy) is 1. The van der Waals surface area contributed by atoms with Gasteiger partial charge < -0.3 is 18.0 Å². The Bertz CT molecular complexity index is 166. The van der Waals surface area contributed by atoms with Crippen molar-refractivity contribution < 1.29 is 18.0 Å². The summed E-state index contributed by atoms with van der Waals surface area (Å²) in [6.45, 7) is 5.00. The molecule has 14 heavy (non-hydrogen) atoms. The van der Waals surface area contributed by atoms with Gasteiger partial charge in [0.25, 0.3) is 0 Å². The second kappa shape index (κ2) is 4.69. The first-order valence-electron chi connectivity index (χ1n) is 4.98. The predicted octanol–water partition coefficient (Wildman–Crippen LogP) is -0.510. The second-order valence-corrected chi connectivity index (χ2v) is 6.02. The van der Waals surface area contributed by atoms with E-state index in [2.05, 4.69) is 4.90 Å². The molecule has 0 saturated carbocycles. The molecule has 82 valence electrons. The van der Waals surface area contributed by atoms with E-state index in [1.54, 1.807) is 7.11 Å². The average molecular weight is 219 g/mol. The Morgan fingerprint density at radius 1 is 1.07 bits per heavy atom. The van der Waals surface area contributed by atoms with E-state index in [0.29, 0.717) is 26.1 Å². The van der Waals surface area contributed by atoms with Crippen molar-refractivity contribution in [3.05, 3.63) is 0 Å². The molecule has 0 aromatic carbocycles. The Morgan fingerprint density at radius 2 is 1.57 bits per heavy atom. The number of hydrogen-bond acceptors (Lipinski definition) is 5. The molecule has 3 aliphatic rings. The quantitative estimate of drug-likeness (QED) is 0.585. The fourth-order valence-electron chi connectivity index (χ4n) is 1.75. The molecule has 0 aromatic rings. The maximum absolute atomic E-state index is 5.71. The van der Waals surface area contributed by atoms with E-state index in [0.717, 1.165) is 19.6 Å². The third kappa shape index (κ3) is 2.33. The highest BCUT2D eigenvalue weighted by Gasteiger charge is 2.44. The van der Waals surface area contributed by atoms with Gasteiger partial charge in [-0.3, -0.25) is 4.90 Å². The molecule has 3 heterocycles. The summed E-state index contributed by atoms with van der Waals surface area (Å²) in [6, 6.07) is 0. The third-order valence-electron chi connectivity index (χ3n) is 2.51. The van der Waals surface area contributed by atoms with Crippen LogP contribution in [0.15, 0.2) is 0 Å². The molecule has 5 nitrogen and oxygen atoms in total. The fraction of sp³-hybridized carbons (Fsp3) is 1.00. The summed E-state index contributed by atoms with van der Waals surface area (Å²) in [5, 5.41) is 0. The number of hydrogen-bond donors (Lipinski definition) is 0. The predicted molar refractivity (Wildman–Crippen MR) is 51.9 cm³/mol. The maximum atomic E-state index is 5.71. The number of fused-ring (bicyclic) bond motifs is 6. The summed E-state index contributed by atoms with van der Waals surface area (Å²) >= 11 is 0. The van der Waals surface area contributed by atoms with E-state index in [-0.39, 0.29) is 0 Å². The molecule has 0 aromatic heterocycles. The van der Waals surface area contributed by atoms with Gasteiger partial charge in [0.1, 0.15) is 6.23 Å². The molecule has 0 N–H and O–H groups in total. The molecule has 3 saturated heterocycles. The standard InChI is InChI=1S/C8H17NO4Si/c1-10-8-14-11-5-2-9(3-6-12-14)4-7-13-14/h2-8H2,1H3. The van der Waals surface area contributed by atoms with Crippen molar-refractivity contribution in [1.29, 1.82) is 0 Å². The highest BCUT2D eigenvalue weighted by atomic mass is 28.4. The fourth-order valence-corrected chi connectivity index (χ4v) is 3.81. The first kappa shape index (κ1) is 10.5. The van der Waals surface area contributed by atoms with E-state index in [1.165, 1.54) is 0 Å². The van der Waals surface area contributed by atoms with Gasteiger partial charge in [-0.1, -0.05) is 0 Å². The van der Waals surface area contributed by atoms with E-state index in [9.17, 15) is 0 Å². The maximum Gasteiger partial charge on any atom is 0.528 e. The topological polar surface area (TPSA) is 40.2 Å². The van der Waals surface area contributed by atoms with Gasteiger partial charge in [0.2, 0.25) is 0 Å². The van der Waals surface area contributed by atoms with Gasteiger partial charge in [-0.05, 0) is 0 Å². The Labute approximate surface area is 85.2 Å². The van der Waals surface area contributed by atoms with E-state index < -0.39 is 8.80 Å². The Balaban J connectivity index is 2.04. The van der Waals surface area contributed by atoms with Crippen LogP contribution in [0.1, 0.15) is 0 Å². The second-order valence-electron chi connectivity index (χ2n) is 3.50. The van der Waals surface area contributed by atoms with E-state index in [4.69, 9.17) is 18.0 Å². The molecule has 0 unspecified atom stereocenters. The van der Waals surface area contributed by atoms with Crippen LogP contribution in [-0.2, 0) is 18.0 Å². The molecule has 3 fully saturated rings. The van der Waals surface area contributed by atoms with E-state index >= 15 is 0 Å². The minimum absolute atomic E-state index is 0.465. The Hall–Kier alpha value is 0.0169. The van der Waals surface area contributed by atoms with Gasteiger partial charge in [-0.25, -0.2) is 0 Å². The zero-order valence-corrected chi connectivity index (χ0v) is 9.53. The molecule has 0 atom stereocenters. The van der Waals surface area contributed by atoms with Gasteiger partial charge >= 0.3 is 8.80 Å². The number of nitrogens with zero attached hydrogens (tertiary/aromatic N) is 1. The first-order valence-corrected chi connectivity index (χ1v) is 6.91. The van der Waals surface area contributed by atoms with Gasteiger partial charge in [0.05, 0.1) is 19.8 Å². The molecule has 0 radical (unpaired) electrons. The lowest BCUT2D eigenvalue weighted by Crippen LogP contribution is -2.57. The highest BCUT2D eigenvalue weighted by molar-refractivity contribution is 6.60. The van der Waals surface area contributed by atoms with Crippen LogP contribution in [0.4, 0.5) is 0 Å². The Morgan fingerprint density at radius 3 is 2.00 bits per heavy atom. The Kier molecular flexibility index (Phi) is 3.53. The number of methoxy groups -OCH3 is 1. The molecule has 3 aliphatic heterocycles. The monoisotopic (exact) mass is 219 g/mol. The van der Waals surface area contributed by atoms with Crippen molar-refractivity contribution in [3.63, 3.8) is 0 Å². The highest BCUT2D eigenvalue weighted by Crippen LogP contribution is 2.15. The average Bonchev–Trinajstić information content (AvgIpc) is 2.06. The van der Waals surface area contributed by atoms with Crippen LogP contribution >= 0.6 is 0 Å². The van der Waals surface area contributed by atoms with Crippen molar-refractivity contribution in [2.45, 2.75) is 0 Å². The molecule has 2 bridgehead atoms. The minimum Gasteiger partial charge on any atom is -0.380 e. The van der Waals surface area contributed by atoms with Crippen LogP contribution in [0.5, 0.6) is 0 Å². The summed E-state index contributed by atoms with van der Waals surface area (Å²) in [5.74, 6) is 0. The largest absolute Gasteiger partial charge is 0.528 e. The van der Waals surface area contributed by atoms with Crippen LogP contribution in [0.2, 0.25) is 0 Å². The van der Waals surface area contributed by atoms with Gasteiger partial charge in [0, 0.05) is 26.7 Å². The van der Waals surface area contributed by atoms with Crippen molar-refractivity contribution in [2.75, 3.05) is 52.8 Å². The summed E-state index contributed by atoms with van der Waals surface area (Å²) in [7, 11) is -0.822. The molecule has 0 aliphatic carbocycles. The van der Waals surface area contributed by atoms with Crippen LogP contribution in [0, 0.1) is 0 Å². The molecule has 3 rings (SSSR count). The molecular weight excluding hydrogens is 202 g/mol. The van der Waals surface area contributed by atoms with Gasteiger partial charge in [-0.2, -0.15) is 0 Å². The third-order valence-corrected chi connectivity index (χ3v) is 5.08. The van der Waals surface area contributed by atoms with E-state index in [1.807, 2.05) is 0 Å². The smallest absolute Gasteiger partial charge is 0.380 e. The number of rotatable bonds is 2.